The van der Waals surface area contributed by atoms with Crippen molar-refractivity contribution in [3.8, 4) is 11.5 Å². The van der Waals surface area contributed by atoms with Crippen LogP contribution in [0, 0.1) is 5.41 Å². The predicted octanol–water partition coefficient (Wildman–Crippen LogP) is 2.10. The summed E-state index contributed by atoms with van der Waals surface area (Å²) >= 11 is 0. The Balaban J connectivity index is 0.00000156. The van der Waals surface area contributed by atoms with Gasteiger partial charge in [0.15, 0.2) is 11.5 Å². The monoisotopic (exact) mass is 338 g/mol. The number of ether oxygens (including phenoxy) is 2. The second kappa shape index (κ2) is 6.57. The summed E-state index contributed by atoms with van der Waals surface area (Å²) in [6, 6.07) is 5.59. The molecule has 1 aromatic rings. The second-order valence-corrected chi connectivity index (χ2v) is 6.56. The Morgan fingerprint density at radius 1 is 1.13 bits per heavy atom. The van der Waals surface area contributed by atoms with E-state index in [-0.39, 0.29) is 18.3 Å². The fraction of sp³-hybridized carbons (Fsp3) is 0.588. The van der Waals surface area contributed by atoms with Gasteiger partial charge >= 0.3 is 0 Å². The lowest BCUT2D eigenvalue weighted by Crippen LogP contribution is -2.39. The molecule has 0 saturated carbocycles. The number of para-hydroxylation sites is 1. The van der Waals surface area contributed by atoms with E-state index >= 15 is 0 Å². The van der Waals surface area contributed by atoms with Crippen LogP contribution in [0.15, 0.2) is 18.2 Å². The van der Waals surface area contributed by atoms with Crippen LogP contribution >= 0.6 is 12.4 Å². The van der Waals surface area contributed by atoms with E-state index in [0.717, 1.165) is 32.6 Å². The minimum atomic E-state index is 0. The summed E-state index contributed by atoms with van der Waals surface area (Å²) in [5, 5.41) is 3.41. The van der Waals surface area contributed by atoms with Crippen LogP contribution in [0.3, 0.4) is 0 Å². The van der Waals surface area contributed by atoms with E-state index < -0.39 is 0 Å². The van der Waals surface area contributed by atoms with Crippen molar-refractivity contribution in [2.75, 3.05) is 39.4 Å². The van der Waals surface area contributed by atoms with Crippen molar-refractivity contribution in [3.63, 3.8) is 0 Å². The van der Waals surface area contributed by atoms with Gasteiger partial charge in [0.2, 0.25) is 0 Å². The minimum absolute atomic E-state index is 0. The highest BCUT2D eigenvalue weighted by molar-refractivity contribution is 5.98. The first kappa shape index (κ1) is 16.4. The first-order chi connectivity index (χ1) is 10.8. The van der Waals surface area contributed by atoms with Gasteiger partial charge in [0.1, 0.15) is 13.2 Å². The Kier molecular flexibility index (Phi) is 4.69. The van der Waals surface area contributed by atoms with E-state index in [9.17, 15) is 4.79 Å². The van der Waals surface area contributed by atoms with Gasteiger partial charge in [0.05, 0.1) is 5.56 Å². The number of amides is 1. The van der Waals surface area contributed by atoms with Crippen molar-refractivity contribution in [1.82, 2.24) is 10.2 Å². The smallest absolute Gasteiger partial charge is 0.257 e. The Morgan fingerprint density at radius 3 is 2.74 bits per heavy atom. The lowest BCUT2D eigenvalue weighted by molar-refractivity contribution is 0.0751. The molecule has 126 valence electrons. The Hall–Kier alpha value is -1.46. The number of piperidine rings is 1. The van der Waals surface area contributed by atoms with Crippen LogP contribution in [0.25, 0.3) is 0 Å². The molecule has 1 N–H and O–H groups in total. The van der Waals surface area contributed by atoms with E-state index in [4.69, 9.17) is 9.47 Å². The summed E-state index contributed by atoms with van der Waals surface area (Å²) in [4.78, 5) is 14.9. The first-order valence-corrected chi connectivity index (χ1v) is 8.16. The van der Waals surface area contributed by atoms with Crippen LogP contribution in [0.2, 0.25) is 0 Å². The summed E-state index contributed by atoms with van der Waals surface area (Å²) in [7, 11) is 0. The normalized spacial score (nSPS) is 21.8. The van der Waals surface area contributed by atoms with Gasteiger partial charge in [-0.25, -0.2) is 0 Å². The van der Waals surface area contributed by atoms with Gasteiger partial charge in [-0.05, 0) is 49.9 Å². The number of hydrogen-bond donors (Lipinski definition) is 1. The summed E-state index contributed by atoms with van der Waals surface area (Å²) in [5.74, 6) is 1.38. The Morgan fingerprint density at radius 2 is 1.91 bits per heavy atom. The molecule has 0 aromatic heterocycles. The molecule has 3 heterocycles. The number of fused-ring (bicyclic) bond motifs is 1. The molecule has 1 amide bonds. The molecular formula is C17H23ClN2O3. The van der Waals surface area contributed by atoms with E-state index in [1.165, 1.54) is 12.8 Å². The van der Waals surface area contributed by atoms with Gasteiger partial charge in [0.25, 0.3) is 5.91 Å². The topological polar surface area (TPSA) is 50.8 Å². The molecular weight excluding hydrogens is 316 g/mol. The van der Waals surface area contributed by atoms with E-state index in [1.54, 1.807) is 0 Å². The van der Waals surface area contributed by atoms with Crippen molar-refractivity contribution in [2.24, 2.45) is 5.41 Å². The van der Waals surface area contributed by atoms with Gasteiger partial charge in [-0.2, -0.15) is 0 Å². The number of carbonyl (C=O) groups excluding carboxylic acids is 1. The molecule has 23 heavy (non-hydrogen) atoms. The van der Waals surface area contributed by atoms with Crippen LogP contribution < -0.4 is 14.8 Å². The van der Waals surface area contributed by atoms with Gasteiger partial charge in [-0.3, -0.25) is 4.79 Å². The lowest BCUT2D eigenvalue weighted by Gasteiger charge is -2.33. The average Bonchev–Trinajstić information content (AvgIpc) is 2.98. The number of nitrogens with zero attached hydrogens (tertiary/aromatic N) is 1. The SMILES string of the molecule is Cl.O=C(c1cccc2c1OCCO2)N1CCC2(CCNCC2)C1. The Bertz CT molecular complexity index is 587. The third kappa shape index (κ3) is 3.00. The lowest BCUT2D eigenvalue weighted by atomic mass is 9.78. The molecule has 6 heteroatoms. The predicted molar refractivity (Wildman–Crippen MR) is 89.7 cm³/mol. The number of nitrogens with one attached hydrogen (secondary N) is 1. The molecule has 0 atom stereocenters. The molecule has 4 rings (SSSR count). The summed E-state index contributed by atoms with van der Waals surface area (Å²) in [6.07, 6.45) is 3.46. The molecule has 3 aliphatic heterocycles. The highest BCUT2D eigenvalue weighted by Gasteiger charge is 2.41. The van der Waals surface area contributed by atoms with Crippen molar-refractivity contribution in [3.05, 3.63) is 23.8 Å². The second-order valence-electron chi connectivity index (χ2n) is 6.56. The van der Waals surface area contributed by atoms with Gasteiger partial charge in [-0.15, -0.1) is 12.4 Å². The van der Waals surface area contributed by atoms with Crippen LogP contribution in [-0.2, 0) is 0 Å². The molecule has 1 aromatic carbocycles. The summed E-state index contributed by atoms with van der Waals surface area (Å²) in [5.41, 5.74) is 0.968. The average molecular weight is 339 g/mol. The number of likely N-dealkylation sites (tertiary alicyclic amines) is 1. The maximum Gasteiger partial charge on any atom is 0.257 e. The van der Waals surface area contributed by atoms with Crippen LogP contribution in [0.1, 0.15) is 29.6 Å². The van der Waals surface area contributed by atoms with Crippen molar-refractivity contribution >= 4 is 18.3 Å². The largest absolute Gasteiger partial charge is 0.486 e. The molecule has 3 aliphatic rings. The van der Waals surface area contributed by atoms with Crippen molar-refractivity contribution in [1.29, 1.82) is 0 Å². The third-order valence-corrected chi connectivity index (χ3v) is 5.19. The molecule has 0 radical (unpaired) electrons. The molecule has 0 bridgehead atoms. The zero-order valence-corrected chi connectivity index (χ0v) is 14.0. The first-order valence-electron chi connectivity index (χ1n) is 8.16. The van der Waals surface area contributed by atoms with Crippen molar-refractivity contribution < 1.29 is 14.3 Å². The number of hydrogen-bond acceptors (Lipinski definition) is 4. The molecule has 2 saturated heterocycles. The maximum absolute atomic E-state index is 12.9. The van der Waals surface area contributed by atoms with Crippen LogP contribution in [0.5, 0.6) is 11.5 Å². The van der Waals surface area contributed by atoms with Crippen molar-refractivity contribution in [2.45, 2.75) is 19.3 Å². The zero-order valence-electron chi connectivity index (χ0n) is 13.2. The summed E-state index contributed by atoms with van der Waals surface area (Å²) < 4.78 is 11.3. The quantitative estimate of drug-likeness (QED) is 0.852. The number of carbonyl (C=O) groups is 1. The molecule has 0 aliphatic carbocycles. The summed E-state index contributed by atoms with van der Waals surface area (Å²) in [6.45, 7) is 4.91. The zero-order chi connectivity index (χ0) is 15.0. The standard InChI is InChI=1S/C17H22N2O3.ClH/c20-16(13-2-1-3-14-15(13)22-11-10-21-14)19-9-6-17(12-19)4-7-18-8-5-17;/h1-3,18H,4-12H2;1H. The number of rotatable bonds is 1. The maximum atomic E-state index is 12.9. The van der Waals surface area contributed by atoms with Gasteiger partial charge in [-0.1, -0.05) is 6.07 Å². The van der Waals surface area contributed by atoms with Crippen LogP contribution in [0.4, 0.5) is 0 Å². The van der Waals surface area contributed by atoms with Gasteiger partial charge in [0, 0.05) is 13.1 Å². The van der Waals surface area contributed by atoms with Gasteiger partial charge < -0.3 is 19.7 Å². The highest BCUT2D eigenvalue weighted by atomic mass is 35.5. The third-order valence-electron chi connectivity index (χ3n) is 5.19. The fourth-order valence-electron chi connectivity index (χ4n) is 3.89. The molecule has 1 spiro atoms. The molecule has 2 fully saturated rings. The number of benzene rings is 1. The van der Waals surface area contributed by atoms with Crippen LogP contribution in [-0.4, -0.2) is 50.2 Å². The van der Waals surface area contributed by atoms with E-state index in [1.807, 2.05) is 23.1 Å². The fourth-order valence-corrected chi connectivity index (χ4v) is 3.89. The minimum Gasteiger partial charge on any atom is -0.486 e. The number of halogens is 1. The highest BCUT2D eigenvalue weighted by Crippen LogP contribution is 2.40. The molecule has 0 unspecified atom stereocenters. The van der Waals surface area contributed by atoms with E-state index in [2.05, 4.69) is 5.32 Å². The Labute approximate surface area is 142 Å². The molecule has 5 nitrogen and oxygen atoms in total. The van der Waals surface area contributed by atoms with E-state index in [0.29, 0.717) is 35.7 Å².